The summed E-state index contributed by atoms with van der Waals surface area (Å²) in [5.41, 5.74) is 2.77. The summed E-state index contributed by atoms with van der Waals surface area (Å²) in [6.45, 7) is 4.38. The van der Waals surface area contributed by atoms with Crippen LogP contribution >= 0.6 is 0 Å². The highest BCUT2D eigenvalue weighted by Crippen LogP contribution is 2.40. The summed E-state index contributed by atoms with van der Waals surface area (Å²) in [7, 11) is 3.24. The minimum absolute atomic E-state index is 0.114. The van der Waals surface area contributed by atoms with Gasteiger partial charge in [-0.15, -0.1) is 0 Å². The van der Waals surface area contributed by atoms with E-state index in [9.17, 15) is 9.59 Å². The Morgan fingerprint density at radius 1 is 0.938 bits per heavy atom. The number of benzene rings is 2. The minimum atomic E-state index is -0.321. The molecule has 0 unspecified atom stereocenters. The van der Waals surface area contributed by atoms with Crippen molar-refractivity contribution < 1.29 is 19.1 Å². The number of methoxy groups -OCH3 is 2. The largest absolute Gasteiger partial charge is 0.497 e. The number of urea groups is 1. The molecule has 7 heteroatoms. The van der Waals surface area contributed by atoms with Crippen molar-refractivity contribution in [2.75, 3.05) is 45.7 Å². The SMILES string of the molecule is COc1ccc(OC)c([C@@H]2CN(C(=O)Nc3ccc(C)cc3)C[C@@H]2C(=O)N2CCCC2)c1. The van der Waals surface area contributed by atoms with E-state index in [0.717, 1.165) is 42.7 Å². The van der Waals surface area contributed by atoms with Crippen LogP contribution in [0.5, 0.6) is 11.5 Å². The number of rotatable bonds is 5. The van der Waals surface area contributed by atoms with Gasteiger partial charge in [-0.3, -0.25) is 4.79 Å². The number of aryl methyl sites for hydroxylation is 1. The summed E-state index contributed by atoms with van der Waals surface area (Å²) in [6, 6.07) is 13.1. The number of amides is 3. The zero-order valence-corrected chi connectivity index (χ0v) is 19.0. The smallest absolute Gasteiger partial charge is 0.321 e. The normalized spacial score (nSPS) is 20.3. The first kappa shape index (κ1) is 22.0. The Balaban J connectivity index is 1.61. The Bertz CT molecular complexity index is 970. The second-order valence-corrected chi connectivity index (χ2v) is 8.55. The van der Waals surface area contributed by atoms with Crippen molar-refractivity contribution in [2.24, 2.45) is 5.92 Å². The molecule has 2 aliphatic heterocycles. The predicted octanol–water partition coefficient (Wildman–Crippen LogP) is 3.88. The molecule has 4 rings (SSSR count). The van der Waals surface area contributed by atoms with E-state index in [1.54, 1.807) is 19.1 Å². The van der Waals surface area contributed by atoms with E-state index in [0.29, 0.717) is 24.6 Å². The van der Waals surface area contributed by atoms with Gasteiger partial charge in [0.2, 0.25) is 5.91 Å². The molecule has 2 saturated heterocycles. The molecule has 1 N–H and O–H groups in total. The molecule has 0 aliphatic carbocycles. The predicted molar refractivity (Wildman–Crippen MR) is 123 cm³/mol. The highest BCUT2D eigenvalue weighted by atomic mass is 16.5. The number of carbonyl (C=O) groups is 2. The van der Waals surface area contributed by atoms with Crippen LogP contribution in [0.25, 0.3) is 0 Å². The molecule has 2 aromatic rings. The fourth-order valence-electron chi connectivity index (χ4n) is 4.68. The molecule has 3 amide bonds. The van der Waals surface area contributed by atoms with E-state index in [1.165, 1.54) is 0 Å². The van der Waals surface area contributed by atoms with Crippen molar-refractivity contribution in [3.05, 3.63) is 53.6 Å². The summed E-state index contributed by atoms with van der Waals surface area (Å²) < 4.78 is 11.0. The van der Waals surface area contributed by atoms with Crippen molar-refractivity contribution in [1.29, 1.82) is 0 Å². The molecule has 2 fully saturated rings. The van der Waals surface area contributed by atoms with Crippen LogP contribution in [-0.4, -0.2) is 62.1 Å². The van der Waals surface area contributed by atoms with Gasteiger partial charge >= 0.3 is 6.03 Å². The molecule has 170 valence electrons. The van der Waals surface area contributed by atoms with Gasteiger partial charge in [-0.05, 0) is 50.1 Å². The molecule has 2 atom stereocenters. The Kier molecular flexibility index (Phi) is 6.53. The molecule has 0 aromatic heterocycles. The van der Waals surface area contributed by atoms with Crippen molar-refractivity contribution in [1.82, 2.24) is 9.80 Å². The first-order valence-electron chi connectivity index (χ1n) is 11.1. The van der Waals surface area contributed by atoms with Crippen LogP contribution in [0, 0.1) is 12.8 Å². The molecule has 0 saturated carbocycles. The maximum absolute atomic E-state index is 13.4. The zero-order valence-electron chi connectivity index (χ0n) is 19.0. The lowest BCUT2D eigenvalue weighted by Gasteiger charge is -2.25. The number of likely N-dealkylation sites (tertiary alicyclic amines) is 2. The summed E-state index contributed by atoms with van der Waals surface area (Å²) in [6.07, 6.45) is 2.06. The number of anilines is 1. The van der Waals surface area contributed by atoms with Gasteiger partial charge in [0.15, 0.2) is 0 Å². The molecular formula is C25H31N3O4. The van der Waals surface area contributed by atoms with Gasteiger partial charge in [-0.2, -0.15) is 0 Å². The molecule has 2 aliphatic rings. The standard InChI is InChI=1S/C25H31N3O4/c1-17-6-8-18(9-7-17)26-25(30)28-15-21(20-14-19(31-2)10-11-23(20)32-3)22(16-28)24(29)27-12-4-5-13-27/h6-11,14,21-22H,4-5,12-13,15-16H2,1-3H3,(H,26,30)/t21-,22-/m0/s1. The minimum Gasteiger partial charge on any atom is -0.497 e. The Hall–Kier alpha value is -3.22. The van der Waals surface area contributed by atoms with Crippen molar-refractivity contribution in [3.8, 4) is 11.5 Å². The number of ether oxygens (including phenoxy) is 2. The highest BCUT2D eigenvalue weighted by Gasteiger charge is 2.43. The Morgan fingerprint density at radius 2 is 1.66 bits per heavy atom. The second kappa shape index (κ2) is 9.51. The topological polar surface area (TPSA) is 71.1 Å². The number of hydrogen-bond donors (Lipinski definition) is 1. The third kappa shape index (κ3) is 4.52. The summed E-state index contributed by atoms with van der Waals surface area (Å²) in [4.78, 5) is 30.2. The van der Waals surface area contributed by atoms with Gasteiger partial charge < -0.3 is 24.6 Å². The van der Waals surface area contributed by atoms with Crippen molar-refractivity contribution in [3.63, 3.8) is 0 Å². The van der Waals surface area contributed by atoms with E-state index in [2.05, 4.69) is 5.32 Å². The third-order valence-electron chi connectivity index (χ3n) is 6.48. The van der Waals surface area contributed by atoms with E-state index in [-0.39, 0.29) is 23.8 Å². The van der Waals surface area contributed by atoms with Crippen molar-refractivity contribution in [2.45, 2.75) is 25.7 Å². The molecular weight excluding hydrogens is 406 g/mol. The fourth-order valence-corrected chi connectivity index (χ4v) is 4.68. The van der Waals surface area contributed by atoms with Crippen LogP contribution in [0.15, 0.2) is 42.5 Å². The first-order chi connectivity index (χ1) is 15.5. The molecule has 0 spiro atoms. The van der Waals surface area contributed by atoms with Gasteiger partial charge in [-0.1, -0.05) is 17.7 Å². The van der Waals surface area contributed by atoms with Crippen LogP contribution in [0.2, 0.25) is 0 Å². The van der Waals surface area contributed by atoms with Gasteiger partial charge in [0, 0.05) is 43.3 Å². The number of carbonyl (C=O) groups excluding carboxylic acids is 2. The lowest BCUT2D eigenvalue weighted by Crippen LogP contribution is -2.38. The van der Waals surface area contributed by atoms with E-state index in [1.807, 2.05) is 54.3 Å². The van der Waals surface area contributed by atoms with Crippen LogP contribution in [0.4, 0.5) is 10.5 Å². The Labute approximate surface area is 189 Å². The molecule has 2 aromatic carbocycles. The van der Waals surface area contributed by atoms with Gasteiger partial charge in [-0.25, -0.2) is 4.79 Å². The maximum Gasteiger partial charge on any atom is 0.321 e. The average Bonchev–Trinajstić information content (AvgIpc) is 3.50. The number of nitrogens with zero attached hydrogens (tertiary/aromatic N) is 2. The van der Waals surface area contributed by atoms with Gasteiger partial charge in [0.05, 0.1) is 20.1 Å². The summed E-state index contributed by atoms with van der Waals surface area (Å²) in [5, 5.41) is 2.97. The number of nitrogens with one attached hydrogen (secondary N) is 1. The molecule has 0 bridgehead atoms. The van der Waals surface area contributed by atoms with Crippen LogP contribution in [0.3, 0.4) is 0 Å². The average molecular weight is 438 g/mol. The summed E-state index contributed by atoms with van der Waals surface area (Å²) in [5.74, 6) is 1.03. The molecule has 2 heterocycles. The van der Waals surface area contributed by atoms with Gasteiger partial charge in [0.25, 0.3) is 0 Å². The fraction of sp³-hybridized carbons (Fsp3) is 0.440. The monoisotopic (exact) mass is 437 g/mol. The molecule has 32 heavy (non-hydrogen) atoms. The van der Waals surface area contributed by atoms with Gasteiger partial charge in [0.1, 0.15) is 11.5 Å². The molecule has 0 radical (unpaired) electrons. The van der Waals surface area contributed by atoms with E-state index in [4.69, 9.17) is 9.47 Å². The highest BCUT2D eigenvalue weighted by molar-refractivity contribution is 5.91. The molecule has 7 nitrogen and oxygen atoms in total. The quantitative estimate of drug-likeness (QED) is 0.771. The van der Waals surface area contributed by atoms with Crippen LogP contribution in [-0.2, 0) is 4.79 Å². The lowest BCUT2D eigenvalue weighted by atomic mass is 9.87. The second-order valence-electron chi connectivity index (χ2n) is 8.55. The van der Waals surface area contributed by atoms with Crippen LogP contribution in [0.1, 0.15) is 29.9 Å². The lowest BCUT2D eigenvalue weighted by molar-refractivity contribution is -0.134. The van der Waals surface area contributed by atoms with E-state index >= 15 is 0 Å². The summed E-state index contributed by atoms with van der Waals surface area (Å²) >= 11 is 0. The number of hydrogen-bond acceptors (Lipinski definition) is 4. The Morgan fingerprint density at radius 3 is 2.31 bits per heavy atom. The third-order valence-corrected chi connectivity index (χ3v) is 6.48. The van der Waals surface area contributed by atoms with E-state index < -0.39 is 0 Å². The van der Waals surface area contributed by atoms with Crippen LogP contribution < -0.4 is 14.8 Å². The van der Waals surface area contributed by atoms with Crippen molar-refractivity contribution >= 4 is 17.6 Å². The zero-order chi connectivity index (χ0) is 22.7. The first-order valence-corrected chi connectivity index (χ1v) is 11.1. The maximum atomic E-state index is 13.4.